The van der Waals surface area contributed by atoms with Crippen molar-refractivity contribution in [1.82, 2.24) is 15.1 Å². The third kappa shape index (κ3) is 4.67. The molecule has 0 fully saturated rings. The summed E-state index contributed by atoms with van der Waals surface area (Å²) in [7, 11) is 1.61. The fourth-order valence-corrected chi connectivity index (χ4v) is 3.06. The molecule has 8 heteroatoms. The molecule has 0 bridgehead atoms. The summed E-state index contributed by atoms with van der Waals surface area (Å²) in [5, 5.41) is 17.0. The van der Waals surface area contributed by atoms with Gasteiger partial charge in [0.25, 0.3) is 5.91 Å². The highest BCUT2D eigenvalue weighted by Gasteiger charge is 2.28. The predicted octanol–water partition coefficient (Wildman–Crippen LogP) is 1.41. The van der Waals surface area contributed by atoms with Crippen LogP contribution in [0.2, 0.25) is 0 Å². The normalized spacial score (nSPS) is 12.9. The summed E-state index contributed by atoms with van der Waals surface area (Å²) in [5.41, 5.74) is 6.50. The van der Waals surface area contributed by atoms with Crippen molar-refractivity contribution in [3.05, 3.63) is 77.7 Å². The van der Waals surface area contributed by atoms with Crippen LogP contribution in [0.1, 0.15) is 15.9 Å². The van der Waals surface area contributed by atoms with Gasteiger partial charge in [0.05, 0.1) is 11.6 Å². The third-order valence-corrected chi connectivity index (χ3v) is 4.49. The number of rotatable bonds is 7. The average Bonchev–Trinajstić information content (AvgIpc) is 3.09. The van der Waals surface area contributed by atoms with Gasteiger partial charge in [-0.05, 0) is 24.1 Å². The Morgan fingerprint density at radius 2 is 1.83 bits per heavy atom. The first-order chi connectivity index (χ1) is 13.9. The number of carbonyl (C=O) groups excluding carboxylic acids is 2. The summed E-state index contributed by atoms with van der Waals surface area (Å²) in [6, 6.07) is 14.1. The van der Waals surface area contributed by atoms with Crippen LogP contribution in [0.15, 0.2) is 60.8 Å². The summed E-state index contributed by atoms with van der Waals surface area (Å²) < 4.78 is 15.6. The lowest BCUT2D eigenvalue weighted by Crippen LogP contribution is -2.50. The average molecular weight is 396 g/mol. The molecule has 2 aromatic carbocycles. The van der Waals surface area contributed by atoms with Crippen molar-refractivity contribution in [2.45, 2.75) is 18.6 Å². The topological polar surface area (TPSA) is 110 Å². The maximum absolute atomic E-state index is 14.2. The van der Waals surface area contributed by atoms with Gasteiger partial charge in [-0.2, -0.15) is 5.10 Å². The fraction of sp³-hybridized carbons (Fsp3) is 0.190. The zero-order chi connectivity index (χ0) is 21.0. The molecule has 29 heavy (non-hydrogen) atoms. The van der Waals surface area contributed by atoms with Gasteiger partial charge in [0, 0.05) is 18.8 Å². The number of halogens is 1. The van der Waals surface area contributed by atoms with E-state index in [-0.39, 0.29) is 23.2 Å². The zero-order valence-corrected chi connectivity index (χ0v) is 15.7. The summed E-state index contributed by atoms with van der Waals surface area (Å²) in [5.74, 6) is -2.07. The molecule has 4 N–H and O–H groups in total. The van der Waals surface area contributed by atoms with Gasteiger partial charge < -0.3 is 16.2 Å². The monoisotopic (exact) mass is 396 g/mol. The van der Waals surface area contributed by atoms with Crippen LogP contribution in [0.25, 0.3) is 11.3 Å². The Morgan fingerprint density at radius 1 is 1.17 bits per heavy atom. The third-order valence-electron chi connectivity index (χ3n) is 4.49. The van der Waals surface area contributed by atoms with E-state index in [9.17, 15) is 19.1 Å². The lowest BCUT2D eigenvalue weighted by molar-refractivity contribution is -0.127. The van der Waals surface area contributed by atoms with Crippen LogP contribution < -0.4 is 11.1 Å². The number of carbonyl (C=O) groups is 2. The van der Waals surface area contributed by atoms with E-state index in [0.29, 0.717) is 0 Å². The molecular weight excluding hydrogens is 375 g/mol. The van der Waals surface area contributed by atoms with E-state index in [2.05, 4.69) is 10.4 Å². The second kappa shape index (κ2) is 8.66. The molecule has 1 aromatic heterocycles. The summed E-state index contributed by atoms with van der Waals surface area (Å²) >= 11 is 0. The molecule has 0 aliphatic carbocycles. The maximum atomic E-state index is 14.2. The van der Waals surface area contributed by atoms with E-state index in [1.807, 2.05) is 30.3 Å². The van der Waals surface area contributed by atoms with E-state index in [0.717, 1.165) is 5.56 Å². The van der Waals surface area contributed by atoms with E-state index >= 15 is 0 Å². The number of nitrogens with one attached hydrogen (secondary N) is 1. The first-order valence-electron chi connectivity index (χ1n) is 8.97. The number of nitrogens with zero attached hydrogens (tertiary/aromatic N) is 2. The van der Waals surface area contributed by atoms with Crippen molar-refractivity contribution in [3.63, 3.8) is 0 Å². The minimum absolute atomic E-state index is 0.118. The van der Waals surface area contributed by atoms with Crippen LogP contribution in [0.3, 0.4) is 0 Å². The highest BCUT2D eigenvalue weighted by Crippen LogP contribution is 2.25. The Kier molecular flexibility index (Phi) is 6.04. The molecule has 7 nitrogen and oxygen atoms in total. The second-order valence-corrected chi connectivity index (χ2v) is 6.66. The number of hydrogen-bond donors (Lipinski definition) is 3. The van der Waals surface area contributed by atoms with Crippen molar-refractivity contribution in [2.24, 2.45) is 12.8 Å². The molecule has 0 aliphatic rings. The Balaban J connectivity index is 1.90. The van der Waals surface area contributed by atoms with E-state index in [1.54, 1.807) is 19.2 Å². The van der Waals surface area contributed by atoms with Gasteiger partial charge >= 0.3 is 0 Å². The number of benzene rings is 2. The number of aliphatic hydroxyl groups is 1. The molecule has 0 spiro atoms. The lowest BCUT2D eigenvalue weighted by atomic mass is 10.00. The molecule has 0 saturated carbocycles. The quantitative estimate of drug-likeness (QED) is 0.561. The minimum atomic E-state index is -1.59. The SMILES string of the molecule is Cn1cc(C(=O)NC(Cc2ccccc2)C(O)C(N)=O)c(-c2ccccc2F)n1. The Bertz CT molecular complexity index is 1020. The van der Waals surface area contributed by atoms with E-state index in [4.69, 9.17) is 5.73 Å². The lowest BCUT2D eigenvalue weighted by Gasteiger charge is -2.22. The van der Waals surface area contributed by atoms with Crippen LogP contribution in [-0.2, 0) is 18.3 Å². The number of aliphatic hydroxyl groups excluding tert-OH is 1. The van der Waals surface area contributed by atoms with Gasteiger partial charge in [-0.1, -0.05) is 42.5 Å². The van der Waals surface area contributed by atoms with Crippen molar-refractivity contribution < 1.29 is 19.1 Å². The number of nitrogens with two attached hydrogens (primary N) is 1. The van der Waals surface area contributed by atoms with Crippen LogP contribution in [0.5, 0.6) is 0 Å². The smallest absolute Gasteiger partial charge is 0.255 e. The van der Waals surface area contributed by atoms with Gasteiger partial charge in [0.2, 0.25) is 5.91 Å². The van der Waals surface area contributed by atoms with E-state index in [1.165, 1.54) is 23.0 Å². The van der Waals surface area contributed by atoms with Crippen molar-refractivity contribution in [1.29, 1.82) is 0 Å². The molecular formula is C21H21FN4O3. The molecule has 0 saturated heterocycles. The van der Waals surface area contributed by atoms with Crippen LogP contribution in [0.4, 0.5) is 4.39 Å². The van der Waals surface area contributed by atoms with E-state index < -0.39 is 29.8 Å². The molecule has 2 amide bonds. The molecule has 2 unspecified atom stereocenters. The highest BCUT2D eigenvalue weighted by molar-refractivity contribution is 6.00. The molecule has 150 valence electrons. The summed E-state index contributed by atoms with van der Waals surface area (Å²) in [6.07, 6.45) is 0.0481. The van der Waals surface area contributed by atoms with Gasteiger partial charge in [0.15, 0.2) is 6.10 Å². The standard InChI is InChI=1S/C21H21FN4O3/c1-26-12-15(18(25-26)14-9-5-6-10-16(14)22)21(29)24-17(19(27)20(23)28)11-13-7-3-2-4-8-13/h2-10,12,17,19,27H,11H2,1H3,(H2,23,28)(H,24,29). The molecule has 3 aromatic rings. The molecule has 0 aliphatic heterocycles. The van der Waals surface area contributed by atoms with Crippen LogP contribution >= 0.6 is 0 Å². The van der Waals surface area contributed by atoms with Gasteiger partial charge in [-0.3, -0.25) is 14.3 Å². The van der Waals surface area contributed by atoms with Crippen molar-refractivity contribution in [2.75, 3.05) is 0 Å². The first-order valence-corrected chi connectivity index (χ1v) is 8.97. The highest BCUT2D eigenvalue weighted by atomic mass is 19.1. The Labute approximate surface area is 167 Å². The number of amides is 2. The predicted molar refractivity (Wildman–Crippen MR) is 105 cm³/mol. The second-order valence-electron chi connectivity index (χ2n) is 6.66. The zero-order valence-electron chi connectivity index (χ0n) is 15.7. The van der Waals surface area contributed by atoms with Crippen molar-refractivity contribution >= 4 is 11.8 Å². The first kappa shape index (κ1) is 20.2. The molecule has 1 heterocycles. The number of hydrogen-bond acceptors (Lipinski definition) is 4. The van der Waals surface area contributed by atoms with Gasteiger partial charge in [-0.15, -0.1) is 0 Å². The Morgan fingerprint density at radius 3 is 2.48 bits per heavy atom. The van der Waals surface area contributed by atoms with Crippen LogP contribution in [-0.4, -0.2) is 38.8 Å². The largest absolute Gasteiger partial charge is 0.381 e. The minimum Gasteiger partial charge on any atom is -0.381 e. The number of aryl methyl sites for hydroxylation is 1. The maximum Gasteiger partial charge on any atom is 0.255 e. The molecule has 0 radical (unpaired) electrons. The summed E-state index contributed by atoms with van der Waals surface area (Å²) in [4.78, 5) is 24.5. The number of primary amides is 1. The number of aromatic nitrogens is 2. The van der Waals surface area contributed by atoms with Crippen LogP contribution in [0, 0.1) is 5.82 Å². The summed E-state index contributed by atoms with van der Waals surface area (Å²) in [6.45, 7) is 0. The molecule has 3 rings (SSSR count). The molecule has 2 atom stereocenters. The fourth-order valence-electron chi connectivity index (χ4n) is 3.06. The van der Waals surface area contributed by atoms with Crippen molar-refractivity contribution in [3.8, 4) is 11.3 Å². The van der Waals surface area contributed by atoms with Gasteiger partial charge in [-0.25, -0.2) is 4.39 Å². The van der Waals surface area contributed by atoms with Gasteiger partial charge in [0.1, 0.15) is 11.5 Å². The Hall–Kier alpha value is -3.52.